The zero-order valence-electron chi connectivity index (χ0n) is 20.7. The first-order valence-corrected chi connectivity index (χ1v) is 11.3. The van der Waals surface area contributed by atoms with Crippen LogP contribution in [0.4, 0.5) is 10.5 Å². The van der Waals surface area contributed by atoms with E-state index in [0.717, 1.165) is 12.7 Å². The number of H-pyrrole nitrogens is 1. The maximum Gasteiger partial charge on any atom is 0.412 e. The topological polar surface area (TPSA) is 158 Å². The van der Waals surface area contributed by atoms with Crippen LogP contribution in [0.5, 0.6) is 11.5 Å². The summed E-state index contributed by atoms with van der Waals surface area (Å²) in [6, 6.07) is 8.97. The predicted molar refractivity (Wildman–Crippen MR) is 130 cm³/mol. The van der Waals surface area contributed by atoms with Crippen LogP contribution in [-0.2, 0) is 34.3 Å². The van der Waals surface area contributed by atoms with E-state index in [4.69, 9.17) is 14.2 Å². The minimum Gasteiger partial charge on any atom is -0.505 e. The Morgan fingerprint density at radius 2 is 1.73 bits per heavy atom. The van der Waals surface area contributed by atoms with Gasteiger partial charge in [-0.2, -0.15) is 0 Å². The average molecular weight is 514 g/mol. The summed E-state index contributed by atoms with van der Waals surface area (Å²) in [5.41, 5.74) is 0.0781. The Kier molecular flexibility index (Phi) is 8.56. The van der Waals surface area contributed by atoms with E-state index in [2.05, 4.69) is 15.0 Å². The van der Waals surface area contributed by atoms with Crippen LogP contribution in [-0.4, -0.2) is 52.4 Å². The van der Waals surface area contributed by atoms with Gasteiger partial charge in [0.15, 0.2) is 22.9 Å². The third-order valence-corrected chi connectivity index (χ3v) is 5.25. The van der Waals surface area contributed by atoms with Crippen molar-refractivity contribution >= 4 is 29.7 Å². The Morgan fingerprint density at radius 1 is 1.03 bits per heavy atom. The first-order chi connectivity index (χ1) is 17.7. The van der Waals surface area contributed by atoms with Crippen molar-refractivity contribution in [1.82, 2.24) is 9.55 Å². The summed E-state index contributed by atoms with van der Waals surface area (Å²) in [5, 5.41) is 13.0. The molecule has 2 aromatic heterocycles. The molecule has 0 aliphatic heterocycles. The van der Waals surface area contributed by atoms with Crippen LogP contribution in [0.1, 0.15) is 56.4 Å². The Morgan fingerprint density at radius 3 is 2.35 bits per heavy atom. The monoisotopic (exact) mass is 513 g/mol. The molecule has 3 N–H and O–H groups in total. The molecular formula is C25H27N3O9. The Labute approximate surface area is 212 Å². The molecule has 3 aromatic rings. The van der Waals surface area contributed by atoms with E-state index < -0.39 is 29.8 Å². The lowest BCUT2D eigenvalue weighted by Crippen LogP contribution is -2.17. The van der Waals surface area contributed by atoms with E-state index in [9.17, 15) is 24.3 Å². The molecular weight excluding hydrogens is 486 g/mol. The largest absolute Gasteiger partial charge is 0.505 e. The third-order valence-electron chi connectivity index (χ3n) is 5.25. The fraction of sp³-hybridized carbons (Fsp3) is 0.280. The van der Waals surface area contributed by atoms with Crippen molar-refractivity contribution in [3.8, 4) is 11.5 Å². The number of amides is 1. The number of nitrogens with one attached hydrogen (secondary N) is 2. The molecule has 0 bridgehead atoms. The number of methoxy groups -OCH3 is 1. The molecule has 0 unspecified atom stereocenters. The Bertz CT molecular complexity index is 1310. The van der Waals surface area contributed by atoms with Gasteiger partial charge in [-0.3, -0.25) is 5.32 Å². The summed E-state index contributed by atoms with van der Waals surface area (Å²) in [4.78, 5) is 52.9. The highest BCUT2D eigenvalue weighted by Gasteiger charge is 2.31. The van der Waals surface area contributed by atoms with Crippen LogP contribution in [0.3, 0.4) is 0 Å². The number of ether oxygens (including phenoxy) is 4. The second-order valence-electron chi connectivity index (χ2n) is 7.68. The van der Waals surface area contributed by atoms with Gasteiger partial charge in [0, 0.05) is 18.9 Å². The highest BCUT2D eigenvalue weighted by Crippen LogP contribution is 2.35. The maximum atomic E-state index is 13.2. The van der Waals surface area contributed by atoms with Gasteiger partial charge >= 0.3 is 24.0 Å². The van der Waals surface area contributed by atoms with E-state index in [1.165, 1.54) is 17.8 Å². The van der Waals surface area contributed by atoms with Gasteiger partial charge in [0.25, 0.3) is 0 Å². The van der Waals surface area contributed by atoms with Gasteiger partial charge in [-0.15, -0.1) is 0 Å². The number of benzene rings is 1. The zero-order valence-corrected chi connectivity index (χ0v) is 20.7. The van der Waals surface area contributed by atoms with Crippen molar-refractivity contribution in [2.75, 3.05) is 19.0 Å². The number of rotatable bonds is 9. The van der Waals surface area contributed by atoms with Gasteiger partial charge in [0.05, 0.1) is 13.7 Å². The number of nitrogens with zero attached hydrogens (tertiary/aromatic N) is 1. The number of hydrogen-bond donors (Lipinski definition) is 3. The molecule has 0 aliphatic carbocycles. The van der Waals surface area contributed by atoms with Crippen molar-refractivity contribution in [3.05, 3.63) is 64.7 Å². The molecule has 12 heteroatoms. The van der Waals surface area contributed by atoms with Crippen LogP contribution >= 0.6 is 0 Å². The van der Waals surface area contributed by atoms with E-state index in [1.54, 1.807) is 38.1 Å². The van der Waals surface area contributed by atoms with Gasteiger partial charge in [-0.25, -0.2) is 19.2 Å². The number of aromatic nitrogens is 2. The van der Waals surface area contributed by atoms with Crippen molar-refractivity contribution in [2.45, 2.75) is 26.9 Å². The highest BCUT2D eigenvalue weighted by atomic mass is 16.6. The zero-order chi connectivity index (χ0) is 27.1. The highest BCUT2D eigenvalue weighted by molar-refractivity contribution is 6.04. The summed E-state index contributed by atoms with van der Waals surface area (Å²) in [6.45, 7) is 3.31. The van der Waals surface area contributed by atoms with Gasteiger partial charge in [-0.1, -0.05) is 37.3 Å². The fourth-order valence-corrected chi connectivity index (χ4v) is 3.52. The standard InChI is InChI=1S/C25H27N3O9/c1-5-15-17(20(29)18(26-15)23(31)34-4)22(30)37-21-16(12-28(3)19(21)24(32)35-6-2)27-25(33)36-13-14-10-8-7-9-11-14/h7-12,26,29H,5-6,13H2,1-4H3,(H,27,33). The minimum atomic E-state index is -1.08. The molecule has 0 spiro atoms. The Balaban J connectivity index is 1.94. The first kappa shape index (κ1) is 26.9. The van der Waals surface area contributed by atoms with Crippen LogP contribution in [0.15, 0.2) is 36.5 Å². The summed E-state index contributed by atoms with van der Waals surface area (Å²) >= 11 is 0. The average Bonchev–Trinajstić information content (AvgIpc) is 3.38. The van der Waals surface area contributed by atoms with E-state index >= 15 is 0 Å². The number of carbonyl (C=O) groups is 4. The number of carbonyl (C=O) groups excluding carboxylic acids is 4. The molecule has 0 atom stereocenters. The summed E-state index contributed by atoms with van der Waals surface area (Å²) < 4.78 is 21.7. The van der Waals surface area contributed by atoms with Gasteiger partial charge in [-0.05, 0) is 18.9 Å². The smallest absolute Gasteiger partial charge is 0.412 e. The van der Waals surface area contributed by atoms with Crippen LogP contribution in [0.25, 0.3) is 0 Å². The van der Waals surface area contributed by atoms with Gasteiger partial charge in [0.2, 0.25) is 0 Å². The number of aromatic amines is 1. The Hall–Kier alpha value is -4.74. The summed E-state index contributed by atoms with van der Waals surface area (Å²) in [6.07, 6.45) is 0.704. The maximum absolute atomic E-state index is 13.2. The molecule has 0 aliphatic rings. The van der Waals surface area contributed by atoms with Crippen molar-refractivity contribution in [1.29, 1.82) is 0 Å². The minimum absolute atomic E-state index is 0.0211. The third kappa shape index (κ3) is 5.92. The van der Waals surface area contributed by atoms with E-state index in [0.29, 0.717) is 0 Å². The van der Waals surface area contributed by atoms with Crippen LogP contribution in [0, 0.1) is 0 Å². The summed E-state index contributed by atoms with van der Waals surface area (Å²) in [7, 11) is 2.61. The molecule has 3 rings (SSSR count). The molecule has 2 heterocycles. The molecule has 0 radical (unpaired) electrons. The quantitative estimate of drug-likeness (QED) is 0.287. The van der Waals surface area contributed by atoms with E-state index in [-0.39, 0.29) is 53.7 Å². The van der Waals surface area contributed by atoms with Gasteiger partial charge < -0.3 is 33.6 Å². The normalized spacial score (nSPS) is 10.5. The van der Waals surface area contributed by atoms with Crippen LogP contribution < -0.4 is 10.1 Å². The number of aryl methyl sites for hydroxylation is 2. The molecule has 12 nitrogen and oxygen atoms in total. The number of esters is 3. The predicted octanol–water partition coefficient (Wildman–Crippen LogP) is 3.55. The number of hydrogen-bond acceptors (Lipinski definition) is 9. The fourth-order valence-electron chi connectivity index (χ4n) is 3.52. The second kappa shape index (κ2) is 11.8. The number of aromatic hydroxyl groups is 1. The first-order valence-electron chi connectivity index (χ1n) is 11.3. The second-order valence-corrected chi connectivity index (χ2v) is 7.68. The number of anilines is 1. The molecule has 0 fully saturated rings. The lowest BCUT2D eigenvalue weighted by Gasteiger charge is -2.11. The van der Waals surface area contributed by atoms with Crippen LogP contribution in [0.2, 0.25) is 0 Å². The van der Waals surface area contributed by atoms with Gasteiger partial charge in [0.1, 0.15) is 17.9 Å². The van der Waals surface area contributed by atoms with Crippen molar-refractivity contribution in [2.24, 2.45) is 7.05 Å². The molecule has 0 saturated heterocycles. The van der Waals surface area contributed by atoms with Crippen molar-refractivity contribution < 1.29 is 43.2 Å². The lowest BCUT2D eigenvalue weighted by molar-refractivity contribution is 0.0508. The molecule has 196 valence electrons. The molecule has 1 aromatic carbocycles. The lowest BCUT2D eigenvalue weighted by atomic mass is 10.2. The SMILES string of the molecule is CCOC(=O)c1c(OC(=O)c2c(CC)[nH]c(C(=O)OC)c2O)c(NC(=O)OCc2ccccc2)cn1C. The van der Waals surface area contributed by atoms with Crippen molar-refractivity contribution in [3.63, 3.8) is 0 Å². The summed E-state index contributed by atoms with van der Waals surface area (Å²) in [5.74, 6) is -3.79. The molecule has 37 heavy (non-hydrogen) atoms. The molecule has 0 saturated carbocycles. The van der Waals surface area contributed by atoms with E-state index in [1.807, 2.05) is 6.07 Å². The molecule has 1 amide bonds.